The summed E-state index contributed by atoms with van der Waals surface area (Å²) in [6.45, 7) is 1.50. The van der Waals surface area contributed by atoms with Gasteiger partial charge < -0.3 is 25.6 Å². The number of aliphatic hydroxyl groups excluding tert-OH is 1. The number of esters is 1. The topological polar surface area (TPSA) is 181 Å². The van der Waals surface area contributed by atoms with Crippen LogP contribution in [0.1, 0.15) is 26.2 Å². The van der Waals surface area contributed by atoms with Gasteiger partial charge in [-0.05, 0) is 25.8 Å². The molecule has 3 fully saturated rings. The second-order valence-corrected chi connectivity index (χ2v) is 8.61. The van der Waals surface area contributed by atoms with Crippen molar-refractivity contribution in [2.45, 2.75) is 44.1 Å². The van der Waals surface area contributed by atoms with Crippen LogP contribution >= 0.6 is 0 Å². The molecule has 1 heterocycles. The molecule has 3 atom stereocenters. The zero-order valence-corrected chi connectivity index (χ0v) is 17.3. The average Bonchev–Trinajstić information content (AvgIpc) is 3.58. The van der Waals surface area contributed by atoms with Crippen LogP contribution in [-0.2, 0) is 29.4 Å². The van der Waals surface area contributed by atoms with Gasteiger partial charge in [0.2, 0.25) is 5.91 Å². The molecule has 12 nitrogen and oxygen atoms in total. The molecule has 1 saturated heterocycles. The first-order chi connectivity index (χ1) is 14.0. The molecule has 2 aliphatic carbocycles. The third-order valence-corrected chi connectivity index (χ3v) is 6.53. The number of allylic oxidation sites excluding steroid dienone is 1. The minimum Gasteiger partial charge on any atom is -0.508 e. The second kappa shape index (κ2) is 7.56. The SMILES string of the molecule is CN/C(=C\C=NC(C)OC/C(O)=C\N)C(=O)O[C@@H]1C[C@]12N(S(=O)(=O)O)C(=O)C21CC1. The lowest BCUT2D eigenvalue weighted by molar-refractivity contribution is -0.160. The highest BCUT2D eigenvalue weighted by atomic mass is 32.2. The molecule has 1 unspecified atom stereocenters. The van der Waals surface area contributed by atoms with E-state index in [1.54, 1.807) is 6.92 Å². The molecule has 3 rings (SSSR count). The molecule has 0 radical (unpaired) electrons. The minimum atomic E-state index is -4.73. The van der Waals surface area contributed by atoms with Crippen molar-refractivity contribution in [2.75, 3.05) is 13.7 Å². The van der Waals surface area contributed by atoms with E-state index in [1.807, 2.05) is 0 Å². The van der Waals surface area contributed by atoms with Crippen molar-refractivity contribution in [1.29, 1.82) is 0 Å². The Hall–Kier alpha value is -2.64. The Labute approximate surface area is 173 Å². The molecule has 1 aliphatic heterocycles. The molecule has 166 valence electrons. The number of rotatable bonds is 9. The molecule has 3 aliphatic rings. The van der Waals surface area contributed by atoms with Gasteiger partial charge in [0.25, 0.3) is 0 Å². The molecule has 0 bridgehead atoms. The predicted octanol–water partition coefficient (Wildman–Crippen LogP) is -0.639. The second-order valence-electron chi connectivity index (χ2n) is 7.35. The van der Waals surface area contributed by atoms with Crippen molar-refractivity contribution in [2.24, 2.45) is 16.1 Å². The predicted molar refractivity (Wildman–Crippen MR) is 103 cm³/mol. The van der Waals surface area contributed by atoms with Crippen LogP contribution in [0.15, 0.2) is 28.7 Å². The normalized spacial score (nSPS) is 28.6. The Balaban J connectivity index is 1.61. The van der Waals surface area contributed by atoms with Gasteiger partial charge in [0, 0.05) is 25.9 Å². The summed E-state index contributed by atoms with van der Waals surface area (Å²) in [4.78, 5) is 28.6. The van der Waals surface area contributed by atoms with Gasteiger partial charge in [-0.1, -0.05) is 0 Å². The average molecular weight is 444 g/mol. The number of carbonyl (C=O) groups is 2. The number of nitrogens with two attached hydrogens (primary N) is 1. The lowest BCUT2D eigenvalue weighted by Gasteiger charge is -2.46. The van der Waals surface area contributed by atoms with Gasteiger partial charge in [0.15, 0.2) is 0 Å². The first kappa shape index (κ1) is 22.1. The van der Waals surface area contributed by atoms with Gasteiger partial charge in [0.1, 0.15) is 35.9 Å². The summed E-state index contributed by atoms with van der Waals surface area (Å²) in [5, 5.41) is 11.9. The quantitative estimate of drug-likeness (QED) is 0.0891. The molecular formula is C17H24N4O8S. The maximum Gasteiger partial charge on any atom is 0.362 e. The number of fused-ring (bicyclic) bond motifs is 1. The molecule has 30 heavy (non-hydrogen) atoms. The zero-order valence-electron chi connectivity index (χ0n) is 16.4. The van der Waals surface area contributed by atoms with Crippen molar-refractivity contribution >= 4 is 28.4 Å². The third kappa shape index (κ3) is 3.52. The number of aliphatic hydroxyl groups is 1. The molecule has 2 spiro atoms. The number of nitrogens with one attached hydrogen (secondary N) is 1. The molecular weight excluding hydrogens is 420 g/mol. The molecule has 0 aromatic heterocycles. The van der Waals surface area contributed by atoms with E-state index in [2.05, 4.69) is 10.3 Å². The molecule has 13 heteroatoms. The smallest absolute Gasteiger partial charge is 0.362 e. The zero-order chi connectivity index (χ0) is 22.3. The monoisotopic (exact) mass is 444 g/mol. The van der Waals surface area contributed by atoms with Gasteiger partial charge in [-0.3, -0.25) is 14.3 Å². The first-order valence-electron chi connectivity index (χ1n) is 9.19. The number of nitrogens with zero attached hydrogens (tertiary/aromatic N) is 2. The Morgan fingerprint density at radius 3 is 2.70 bits per heavy atom. The van der Waals surface area contributed by atoms with Crippen LogP contribution in [0.25, 0.3) is 0 Å². The van der Waals surface area contributed by atoms with E-state index in [0.717, 1.165) is 6.20 Å². The van der Waals surface area contributed by atoms with Crippen LogP contribution in [0, 0.1) is 5.41 Å². The number of amides is 1. The number of hydrogen-bond donors (Lipinski definition) is 4. The van der Waals surface area contributed by atoms with Crippen LogP contribution in [0.3, 0.4) is 0 Å². The Morgan fingerprint density at radius 1 is 1.50 bits per heavy atom. The number of β-lactam (4-membered cyclic amide) rings is 1. The van der Waals surface area contributed by atoms with Crippen LogP contribution in [0.2, 0.25) is 0 Å². The number of ether oxygens (including phenoxy) is 2. The van der Waals surface area contributed by atoms with E-state index >= 15 is 0 Å². The van der Waals surface area contributed by atoms with Gasteiger partial charge in [0.05, 0.1) is 5.41 Å². The third-order valence-electron chi connectivity index (χ3n) is 5.58. The maximum atomic E-state index is 12.4. The fourth-order valence-corrected chi connectivity index (χ4v) is 5.01. The van der Waals surface area contributed by atoms with Gasteiger partial charge in [-0.2, -0.15) is 8.42 Å². The molecule has 5 N–H and O–H groups in total. The van der Waals surface area contributed by atoms with E-state index in [9.17, 15) is 27.7 Å². The van der Waals surface area contributed by atoms with Crippen molar-refractivity contribution < 1.29 is 37.1 Å². The van der Waals surface area contributed by atoms with Crippen LogP contribution in [0.4, 0.5) is 0 Å². The van der Waals surface area contributed by atoms with E-state index in [4.69, 9.17) is 15.2 Å². The van der Waals surface area contributed by atoms with E-state index in [0.29, 0.717) is 17.1 Å². The lowest BCUT2D eigenvalue weighted by atomic mass is 9.83. The van der Waals surface area contributed by atoms with Crippen molar-refractivity contribution in [3.63, 3.8) is 0 Å². The molecule has 2 saturated carbocycles. The maximum absolute atomic E-state index is 12.4. The summed E-state index contributed by atoms with van der Waals surface area (Å²) >= 11 is 0. The highest BCUT2D eigenvalue weighted by Crippen LogP contribution is 2.75. The number of hydrogen-bond acceptors (Lipinski definition) is 10. The van der Waals surface area contributed by atoms with Crippen LogP contribution in [0.5, 0.6) is 0 Å². The lowest BCUT2D eigenvalue weighted by Crippen LogP contribution is -2.68. The Bertz CT molecular complexity index is 939. The fraction of sp³-hybridized carbons (Fsp3) is 0.588. The molecule has 0 aromatic rings. The fourth-order valence-electron chi connectivity index (χ4n) is 3.85. The Kier molecular flexibility index (Phi) is 5.56. The Morgan fingerprint density at radius 2 is 2.17 bits per heavy atom. The summed E-state index contributed by atoms with van der Waals surface area (Å²) in [7, 11) is -3.23. The van der Waals surface area contributed by atoms with Crippen molar-refractivity contribution in [1.82, 2.24) is 9.62 Å². The summed E-state index contributed by atoms with van der Waals surface area (Å²) in [6, 6.07) is 0. The van der Waals surface area contributed by atoms with E-state index < -0.39 is 45.5 Å². The molecule has 0 aromatic carbocycles. The summed E-state index contributed by atoms with van der Waals surface area (Å²) in [5.41, 5.74) is 3.14. The summed E-state index contributed by atoms with van der Waals surface area (Å²) < 4.78 is 43.6. The minimum absolute atomic E-state index is 0.0478. The standard InChI is InChI=1S/C17H24N4O8S/c1-10(28-9-11(22)8-18)20-6-3-12(19-2)14(23)29-13-7-17(13)16(4-5-16)15(24)21(17)30(25,26)27/h3,6,8,10,13,19,22H,4-5,7,9,18H2,1-2H3,(H,25,26,27)/b11-8+,12-3-,20-6?/t10?,13-,17+/m1/s1. The number of carbonyl (C=O) groups excluding carboxylic acids is 2. The summed E-state index contributed by atoms with van der Waals surface area (Å²) in [6.07, 6.45) is 3.36. The highest BCUT2D eigenvalue weighted by molar-refractivity contribution is 7.84. The number of likely N-dealkylation sites (N-methyl/N-ethyl adjacent to an activating group) is 1. The first-order valence-corrected chi connectivity index (χ1v) is 10.6. The van der Waals surface area contributed by atoms with Crippen LogP contribution < -0.4 is 11.1 Å². The highest BCUT2D eigenvalue weighted by Gasteiger charge is 2.90. The van der Waals surface area contributed by atoms with Crippen LogP contribution in [-0.4, -0.2) is 72.0 Å². The van der Waals surface area contributed by atoms with Gasteiger partial charge in [-0.25, -0.2) is 9.10 Å². The summed E-state index contributed by atoms with van der Waals surface area (Å²) in [5.74, 6) is -1.55. The largest absolute Gasteiger partial charge is 0.508 e. The van der Waals surface area contributed by atoms with Crippen molar-refractivity contribution in [3.05, 3.63) is 23.7 Å². The van der Waals surface area contributed by atoms with E-state index in [-0.39, 0.29) is 24.5 Å². The van der Waals surface area contributed by atoms with E-state index in [1.165, 1.54) is 19.3 Å². The van der Waals surface area contributed by atoms with Crippen molar-refractivity contribution in [3.8, 4) is 0 Å². The van der Waals surface area contributed by atoms with Gasteiger partial charge >= 0.3 is 16.3 Å². The van der Waals surface area contributed by atoms with Gasteiger partial charge in [-0.15, -0.1) is 0 Å². The number of aliphatic imine (C=N–C) groups is 1. The molecule has 1 amide bonds.